The Morgan fingerprint density at radius 3 is 1.71 bits per heavy atom. The van der Waals surface area contributed by atoms with Crippen molar-refractivity contribution in [1.82, 2.24) is 0 Å². The van der Waals surface area contributed by atoms with Gasteiger partial charge in [-0.05, 0) is 0 Å². The Morgan fingerprint density at radius 1 is 1.00 bits per heavy atom. The summed E-state index contributed by atoms with van der Waals surface area (Å²) in [6.45, 7) is 0. The topological polar surface area (TPSA) is 0 Å². The van der Waals surface area contributed by atoms with Gasteiger partial charge in [-0.2, -0.15) is 0 Å². The molecule has 7 heavy (non-hydrogen) atoms. The van der Waals surface area contributed by atoms with Crippen molar-refractivity contribution in [3.63, 3.8) is 0 Å². The third-order valence-electron chi connectivity index (χ3n) is 1.50. The summed E-state index contributed by atoms with van der Waals surface area (Å²) in [6.07, 6.45) is 4.66. The van der Waals surface area contributed by atoms with Crippen LogP contribution in [0.25, 0.3) is 0 Å². The summed E-state index contributed by atoms with van der Waals surface area (Å²) < 4.78 is 0. The second-order valence-corrected chi connectivity index (χ2v) is 4.24. The van der Waals surface area contributed by atoms with Crippen LogP contribution in [-0.4, -0.2) is 9.52 Å². The monoisotopic (exact) mass is 140 g/mol. The van der Waals surface area contributed by atoms with Crippen LogP contribution in [-0.2, 0) is 0 Å². The molecule has 0 aromatic carbocycles. The van der Waals surface area contributed by atoms with E-state index in [1.165, 1.54) is 6.42 Å². The zero-order valence-corrected chi connectivity index (χ0v) is 9.78. The summed E-state index contributed by atoms with van der Waals surface area (Å²) in [6, 6.07) is 3.28. The molecule has 1 aliphatic rings. The summed E-state index contributed by atoms with van der Waals surface area (Å²) in [7, 11) is 0.508. The van der Waals surface area contributed by atoms with Crippen molar-refractivity contribution in [2.45, 2.75) is 31.4 Å². The van der Waals surface area contributed by atoms with E-state index in [-0.39, 0.29) is 52.8 Å². The molecule has 0 saturated carbocycles. The second-order valence-electron chi connectivity index (χ2n) is 2.12. The van der Waals surface area contributed by atoms with Gasteiger partial charge in [0.05, 0.1) is 0 Å². The molecule has 1 aliphatic heterocycles. The van der Waals surface area contributed by atoms with Crippen LogP contribution in [0.5, 0.6) is 0 Å². The molecule has 0 N–H and O–H groups in total. The molecule has 0 aliphatic carbocycles. The van der Waals surface area contributed by atoms with Crippen LogP contribution in [0.3, 0.4) is 0 Å². The van der Waals surface area contributed by atoms with E-state index in [0.717, 1.165) is 0 Å². The number of hydrogen-bond acceptors (Lipinski definition) is 0. The van der Waals surface area contributed by atoms with Gasteiger partial charge in [0.25, 0.3) is 0 Å². The molecular formula is C5H13KSi. The van der Waals surface area contributed by atoms with Gasteiger partial charge in [-0.1, -0.05) is 31.4 Å². The molecular weight excluding hydrogens is 127 g/mol. The zero-order valence-electron chi connectivity index (χ0n) is 6.24. The number of hydrogen-bond donors (Lipinski definition) is 0. The van der Waals surface area contributed by atoms with Crippen molar-refractivity contribution in [3.05, 3.63) is 0 Å². The molecule has 1 heterocycles. The Balaban J connectivity index is 0. The molecule has 0 spiro atoms. The van der Waals surface area contributed by atoms with Crippen molar-refractivity contribution in [1.29, 1.82) is 0 Å². The van der Waals surface area contributed by atoms with E-state index >= 15 is 0 Å². The third-order valence-corrected chi connectivity index (χ3v) is 3.50. The Kier molecular flexibility index (Phi) is 7.56. The zero-order chi connectivity index (χ0) is 4.24. The maximum absolute atomic E-state index is 1.64. The molecule has 2 heteroatoms. The Labute approximate surface area is 92.2 Å². The van der Waals surface area contributed by atoms with E-state index in [4.69, 9.17) is 0 Å². The van der Waals surface area contributed by atoms with Gasteiger partial charge in [0, 0.05) is 9.52 Å². The van der Waals surface area contributed by atoms with Crippen LogP contribution in [0.2, 0.25) is 12.1 Å². The maximum Gasteiger partial charge on any atom is 1.00 e. The molecule has 0 bridgehead atoms. The minimum absolute atomic E-state index is 0. The quantitative estimate of drug-likeness (QED) is 0.352. The average Bonchev–Trinajstić information content (AvgIpc) is 1.72. The van der Waals surface area contributed by atoms with Gasteiger partial charge in [0.1, 0.15) is 0 Å². The summed E-state index contributed by atoms with van der Waals surface area (Å²) in [5.41, 5.74) is 0. The van der Waals surface area contributed by atoms with Gasteiger partial charge < -0.3 is 1.43 Å². The Morgan fingerprint density at radius 2 is 1.57 bits per heavy atom. The largest absolute Gasteiger partial charge is 1.00 e. The van der Waals surface area contributed by atoms with Crippen LogP contribution in [0.15, 0.2) is 0 Å². The summed E-state index contributed by atoms with van der Waals surface area (Å²) >= 11 is 0. The Bertz CT molecular complexity index is 27.9. The van der Waals surface area contributed by atoms with E-state index < -0.39 is 0 Å². The van der Waals surface area contributed by atoms with Crippen LogP contribution in [0, 0.1) is 0 Å². The van der Waals surface area contributed by atoms with Gasteiger partial charge >= 0.3 is 51.4 Å². The third kappa shape index (κ3) is 4.36. The van der Waals surface area contributed by atoms with Gasteiger partial charge in [0.15, 0.2) is 0 Å². The fraction of sp³-hybridized carbons (Fsp3) is 1.00. The molecule has 0 unspecified atom stereocenters. The van der Waals surface area contributed by atoms with E-state index in [0.29, 0.717) is 9.52 Å². The molecule has 1 rings (SSSR count). The number of rotatable bonds is 0. The Hall–Kier alpha value is 1.85. The fourth-order valence-corrected chi connectivity index (χ4v) is 2.83. The van der Waals surface area contributed by atoms with Crippen LogP contribution in [0.4, 0.5) is 0 Å². The summed E-state index contributed by atoms with van der Waals surface area (Å²) in [4.78, 5) is 0. The summed E-state index contributed by atoms with van der Waals surface area (Å²) in [5.74, 6) is 0. The first-order valence-electron chi connectivity index (χ1n) is 3.00. The van der Waals surface area contributed by atoms with Crippen molar-refractivity contribution in [2.24, 2.45) is 0 Å². The van der Waals surface area contributed by atoms with E-state index in [1.54, 1.807) is 24.9 Å². The smallest absolute Gasteiger partial charge is 1.00 e. The van der Waals surface area contributed by atoms with Crippen molar-refractivity contribution in [2.75, 3.05) is 0 Å². The SMILES string of the molecule is C1CC[SiH2]CC1.[H-].[K+]. The first-order valence-corrected chi connectivity index (χ1v) is 5.00. The molecule has 1 saturated heterocycles. The minimum atomic E-state index is 0. The first kappa shape index (κ1) is 8.85. The summed E-state index contributed by atoms with van der Waals surface area (Å²) in [5, 5.41) is 0. The molecule has 1 fully saturated rings. The van der Waals surface area contributed by atoms with Gasteiger partial charge in [-0.3, -0.25) is 0 Å². The van der Waals surface area contributed by atoms with Crippen molar-refractivity contribution < 1.29 is 52.8 Å². The van der Waals surface area contributed by atoms with Crippen LogP contribution in [0.1, 0.15) is 20.7 Å². The first-order chi connectivity index (χ1) is 3.00. The predicted molar refractivity (Wildman–Crippen MR) is 33.1 cm³/mol. The molecule has 0 aromatic rings. The van der Waals surface area contributed by atoms with Crippen LogP contribution < -0.4 is 51.4 Å². The second kappa shape index (κ2) is 5.98. The van der Waals surface area contributed by atoms with Crippen molar-refractivity contribution >= 4 is 9.52 Å². The van der Waals surface area contributed by atoms with Gasteiger partial charge in [-0.25, -0.2) is 0 Å². The molecule has 38 valence electrons. The molecule has 0 nitrogen and oxygen atoms in total. The minimum Gasteiger partial charge on any atom is -1.00 e. The van der Waals surface area contributed by atoms with Crippen LogP contribution >= 0.6 is 0 Å². The van der Waals surface area contributed by atoms with Crippen molar-refractivity contribution in [3.8, 4) is 0 Å². The van der Waals surface area contributed by atoms with E-state index in [2.05, 4.69) is 0 Å². The standard InChI is InChI=1S/C5H12Si.K.H/c1-2-4-6-5-3-1;;/h1-6H2;;/q;+1;-1. The molecule has 0 amide bonds. The van der Waals surface area contributed by atoms with E-state index in [1.807, 2.05) is 0 Å². The normalized spacial score (nSPS) is 20.6. The van der Waals surface area contributed by atoms with E-state index in [9.17, 15) is 0 Å². The molecule has 0 radical (unpaired) electrons. The van der Waals surface area contributed by atoms with Gasteiger partial charge in [0.2, 0.25) is 0 Å². The maximum atomic E-state index is 1.64. The average molecular weight is 140 g/mol. The predicted octanol–water partition coefficient (Wildman–Crippen LogP) is -1.71. The molecule has 0 aromatic heterocycles. The molecule has 0 atom stereocenters. The fourth-order valence-electron chi connectivity index (χ4n) is 1.06. The van der Waals surface area contributed by atoms with Gasteiger partial charge in [-0.15, -0.1) is 0 Å².